The Morgan fingerprint density at radius 2 is 1.74 bits per heavy atom. The first-order chi connectivity index (χ1) is 16.3. The number of amides is 1. The first kappa shape index (κ1) is 23.1. The Labute approximate surface area is 192 Å². The van der Waals surface area contributed by atoms with Crippen LogP contribution in [0.2, 0.25) is 0 Å². The molecule has 0 bridgehead atoms. The number of nitrogen functional groups attached to an aromatic ring is 2. The third-order valence-electron chi connectivity index (χ3n) is 5.35. The normalized spacial score (nSPS) is 14.7. The molecule has 2 aromatic heterocycles. The van der Waals surface area contributed by atoms with Crippen LogP contribution in [-0.2, 0) is 0 Å². The molecule has 5 rings (SSSR count). The zero-order chi connectivity index (χ0) is 24.2. The number of anilines is 2. The molecule has 1 aliphatic carbocycles. The SMILES string of the molecule is Nc1cc(C(=O)NC2CCCCC2)ncn1.Nc1nc(C2=Nc3c(F)cc(F)cc32)ncc1F. The largest absolute Gasteiger partial charge is 0.384 e. The highest BCUT2D eigenvalue weighted by Gasteiger charge is 2.27. The molecule has 0 saturated heterocycles. The minimum absolute atomic E-state index is 0.0337. The van der Waals surface area contributed by atoms with Crippen LogP contribution in [0.15, 0.2) is 35.7 Å². The molecule has 1 fully saturated rings. The molecule has 3 heterocycles. The Hall–Kier alpha value is -4.09. The fraction of sp³-hybridized carbons (Fsp3) is 0.273. The lowest BCUT2D eigenvalue weighted by Crippen LogP contribution is -2.36. The second-order valence-corrected chi connectivity index (χ2v) is 7.81. The molecule has 0 atom stereocenters. The summed E-state index contributed by atoms with van der Waals surface area (Å²) in [5.74, 6) is -2.38. The Bertz CT molecular complexity index is 1260. The van der Waals surface area contributed by atoms with E-state index in [-0.39, 0.29) is 40.6 Å². The first-order valence-corrected chi connectivity index (χ1v) is 10.6. The van der Waals surface area contributed by atoms with Crippen LogP contribution in [0, 0.1) is 17.5 Å². The lowest BCUT2D eigenvalue weighted by atomic mass is 9.95. The van der Waals surface area contributed by atoms with Crippen molar-refractivity contribution in [3.63, 3.8) is 0 Å². The molecule has 3 aromatic rings. The van der Waals surface area contributed by atoms with Gasteiger partial charge in [0, 0.05) is 23.7 Å². The summed E-state index contributed by atoms with van der Waals surface area (Å²) in [6.45, 7) is 0. The topological polar surface area (TPSA) is 145 Å². The predicted octanol–water partition coefficient (Wildman–Crippen LogP) is 3.08. The summed E-state index contributed by atoms with van der Waals surface area (Å²) >= 11 is 0. The molecule has 0 radical (unpaired) electrons. The van der Waals surface area contributed by atoms with Crippen LogP contribution in [0.4, 0.5) is 30.5 Å². The number of nitrogens with one attached hydrogen (secondary N) is 1. The monoisotopic (exact) mass is 470 g/mol. The van der Waals surface area contributed by atoms with Crippen molar-refractivity contribution in [2.45, 2.75) is 38.1 Å². The van der Waals surface area contributed by atoms with E-state index >= 15 is 0 Å². The zero-order valence-electron chi connectivity index (χ0n) is 17.9. The number of nitrogens with zero attached hydrogens (tertiary/aromatic N) is 5. The van der Waals surface area contributed by atoms with Crippen molar-refractivity contribution in [1.82, 2.24) is 25.3 Å². The second kappa shape index (κ2) is 9.81. The van der Waals surface area contributed by atoms with Crippen molar-refractivity contribution < 1.29 is 18.0 Å². The third kappa shape index (κ3) is 5.11. The van der Waals surface area contributed by atoms with E-state index in [2.05, 4.69) is 30.2 Å². The van der Waals surface area contributed by atoms with Gasteiger partial charge in [-0.05, 0) is 18.9 Å². The minimum Gasteiger partial charge on any atom is -0.384 e. The Morgan fingerprint density at radius 3 is 2.44 bits per heavy atom. The summed E-state index contributed by atoms with van der Waals surface area (Å²) in [6, 6.07) is 3.64. The molecule has 0 spiro atoms. The van der Waals surface area contributed by atoms with Crippen LogP contribution < -0.4 is 16.8 Å². The summed E-state index contributed by atoms with van der Waals surface area (Å²) in [5.41, 5.74) is 11.6. The molecule has 2 aliphatic rings. The van der Waals surface area contributed by atoms with E-state index in [1.54, 1.807) is 0 Å². The zero-order valence-corrected chi connectivity index (χ0v) is 17.9. The van der Waals surface area contributed by atoms with E-state index in [0.717, 1.165) is 31.2 Å². The van der Waals surface area contributed by atoms with Gasteiger partial charge in [0.2, 0.25) is 0 Å². The third-order valence-corrected chi connectivity index (χ3v) is 5.35. The predicted molar refractivity (Wildman–Crippen MR) is 119 cm³/mol. The Kier molecular flexibility index (Phi) is 6.66. The molecule has 176 valence electrons. The number of fused-ring (bicyclic) bond motifs is 1. The van der Waals surface area contributed by atoms with Crippen molar-refractivity contribution in [1.29, 1.82) is 0 Å². The fourth-order valence-corrected chi connectivity index (χ4v) is 3.65. The average molecular weight is 470 g/mol. The lowest BCUT2D eigenvalue weighted by molar-refractivity contribution is 0.0922. The lowest BCUT2D eigenvalue weighted by Gasteiger charge is -2.22. The van der Waals surface area contributed by atoms with E-state index in [0.29, 0.717) is 11.5 Å². The molecular formula is C22H21F3N8O. The molecule has 12 heteroatoms. The van der Waals surface area contributed by atoms with Gasteiger partial charge in [-0.2, -0.15) is 0 Å². The van der Waals surface area contributed by atoms with Gasteiger partial charge in [-0.15, -0.1) is 0 Å². The van der Waals surface area contributed by atoms with Gasteiger partial charge in [0.15, 0.2) is 23.3 Å². The van der Waals surface area contributed by atoms with Crippen molar-refractivity contribution >= 4 is 28.9 Å². The molecule has 1 amide bonds. The molecule has 9 nitrogen and oxygen atoms in total. The van der Waals surface area contributed by atoms with Crippen LogP contribution in [-0.4, -0.2) is 37.6 Å². The number of rotatable bonds is 3. The maximum Gasteiger partial charge on any atom is 0.270 e. The van der Waals surface area contributed by atoms with Crippen LogP contribution >= 0.6 is 0 Å². The summed E-state index contributed by atoms with van der Waals surface area (Å²) in [5, 5.41) is 2.98. The highest BCUT2D eigenvalue weighted by molar-refractivity contribution is 6.20. The summed E-state index contributed by atoms with van der Waals surface area (Å²) in [4.78, 5) is 30.7. The summed E-state index contributed by atoms with van der Waals surface area (Å²) in [7, 11) is 0. The minimum atomic E-state index is -0.760. The van der Waals surface area contributed by atoms with Crippen LogP contribution in [0.5, 0.6) is 0 Å². The number of carbonyl (C=O) groups excluding carboxylic acids is 1. The second-order valence-electron chi connectivity index (χ2n) is 7.81. The van der Waals surface area contributed by atoms with E-state index in [4.69, 9.17) is 11.5 Å². The van der Waals surface area contributed by atoms with E-state index in [1.807, 2.05) is 0 Å². The number of hydrogen-bond acceptors (Lipinski definition) is 8. The van der Waals surface area contributed by atoms with Gasteiger partial charge in [0.05, 0.1) is 6.20 Å². The van der Waals surface area contributed by atoms with Gasteiger partial charge in [0.1, 0.15) is 35.1 Å². The molecule has 1 aliphatic heterocycles. The van der Waals surface area contributed by atoms with Gasteiger partial charge >= 0.3 is 0 Å². The molecule has 1 saturated carbocycles. The molecule has 0 unspecified atom stereocenters. The van der Waals surface area contributed by atoms with E-state index in [1.165, 1.54) is 31.7 Å². The highest BCUT2D eigenvalue weighted by atomic mass is 19.1. The van der Waals surface area contributed by atoms with E-state index in [9.17, 15) is 18.0 Å². The molecule has 34 heavy (non-hydrogen) atoms. The van der Waals surface area contributed by atoms with Crippen molar-refractivity contribution in [2.75, 3.05) is 11.5 Å². The van der Waals surface area contributed by atoms with Gasteiger partial charge in [0.25, 0.3) is 5.91 Å². The molecular weight excluding hydrogens is 449 g/mol. The Balaban J connectivity index is 0.000000162. The van der Waals surface area contributed by atoms with Gasteiger partial charge in [-0.3, -0.25) is 4.79 Å². The van der Waals surface area contributed by atoms with E-state index < -0.39 is 17.5 Å². The molecule has 1 aromatic carbocycles. The fourth-order valence-electron chi connectivity index (χ4n) is 3.65. The number of hydrogen-bond donors (Lipinski definition) is 3. The summed E-state index contributed by atoms with van der Waals surface area (Å²) < 4.78 is 39.2. The first-order valence-electron chi connectivity index (χ1n) is 10.6. The maximum atomic E-state index is 13.3. The smallest absolute Gasteiger partial charge is 0.270 e. The van der Waals surface area contributed by atoms with Crippen LogP contribution in [0.25, 0.3) is 0 Å². The highest BCUT2D eigenvalue weighted by Crippen LogP contribution is 2.35. The quantitative estimate of drug-likeness (QED) is 0.417. The number of aliphatic imine (C=N–C) groups is 1. The van der Waals surface area contributed by atoms with Gasteiger partial charge in [-0.1, -0.05) is 19.3 Å². The maximum absolute atomic E-state index is 13.3. The van der Waals surface area contributed by atoms with Crippen molar-refractivity contribution in [3.8, 4) is 0 Å². The van der Waals surface area contributed by atoms with Crippen LogP contribution in [0.1, 0.15) is 54.0 Å². The van der Waals surface area contributed by atoms with Gasteiger partial charge < -0.3 is 16.8 Å². The Morgan fingerprint density at radius 1 is 0.971 bits per heavy atom. The van der Waals surface area contributed by atoms with Crippen LogP contribution in [0.3, 0.4) is 0 Å². The number of carbonyl (C=O) groups is 1. The number of halogens is 3. The number of benzene rings is 1. The van der Waals surface area contributed by atoms with Gasteiger partial charge in [-0.25, -0.2) is 38.1 Å². The molecule has 5 N–H and O–H groups in total. The average Bonchev–Trinajstić information content (AvgIpc) is 2.79. The number of nitrogens with two attached hydrogens (primary N) is 2. The standard InChI is InChI=1S/C11H5F3N4.C11H16N4O/c12-4-1-5-8(6(13)2-4)17-9(5)11-16-3-7(14)10(15)18-11;12-10-6-9(13-7-14-10)11(16)15-8-4-2-1-3-5-8/h1-3H,(H2,15,16,18);6-8H,1-5H2,(H,15,16)(H2,12,13,14). The summed E-state index contributed by atoms with van der Waals surface area (Å²) in [6.07, 6.45) is 7.97. The number of aromatic nitrogens is 4. The van der Waals surface area contributed by atoms with Crippen molar-refractivity contribution in [3.05, 3.63) is 65.3 Å². The van der Waals surface area contributed by atoms with Crippen molar-refractivity contribution in [2.24, 2.45) is 4.99 Å².